The SMILES string of the molecule is COc1cc(Oc2cc(C(C)C)ccc2C)nc(N)n1. The summed E-state index contributed by atoms with van der Waals surface area (Å²) in [5.41, 5.74) is 7.86. The Morgan fingerprint density at radius 2 is 1.80 bits per heavy atom. The summed E-state index contributed by atoms with van der Waals surface area (Å²) < 4.78 is 10.9. The van der Waals surface area contributed by atoms with Crippen molar-refractivity contribution in [1.29, 1.82) is 0 Å². The van der Waals surface area contributed by atoms with Crippen molar-refractivity contribution in [3.63, 3.8) is 0 Å². The number of methoxy groups -OCH3 is 1. The van der Waals surface area contributed by atoms with E-state index in [-0.39, 0.29) is 5.95 Å². The Labute approximate surface area is 118 Å². The van der Waals surface area contributed by atoms with Crippen LogP contribution in [-0.2, 0) is 0 Å². The van der Waals surface area contributed by atoms with Gasteiger partial charge in [-0.25, -0.2) is 0 Å². The molecule has 1 aromatic carbocycles. The highest BCUT2D eigenvalue weighted by Crippen LogP contribution is 2.29. The number of nitrogens with zero attached hydrogens (tertiary/aromatic N) is 2. The van der Waals surface area contributed by atoms with Crippen LogP contribution in [0, 0.1) is 6.92 Å². The van der Waals surface area contributed by atoms with Gasteiger partial charge in [0.2, 0.25) is 17.7 Å². The maximum atomic E-state index is 5.81. The molecule has 0 fully saturated rings. The number of benzene rings is 1. The second-order valence-electron chi connectivity index (χ2n) is 4.89. The number of anilines is 1. The summed E-state index contributed by atoms with van der Waals surface area (Å²) in [4.78, 5) is 7.98. The number of nitrogen functional groups attached to an aromatic ring is 1. The molecule has 0 aliphatic rings. The van der Waals surface area contributed by atoms with Gasteiger partial charge >= 0.3 is 0 Å². The lowest BCUT2D eigenvalue weighted by Crippen LogP contribution is -2.00. The van der Waals surface area contributed by atoms with Crippen LogP contribution in [0.1, 0.15) is 30.9 Å². The molecule has 0 bridgehead atoms. The Hall–Kier alpha value is -2.30. The van der Waals surface area contributed by atoms with E-state index in [0.717, 1.165) is 11.3 Å². The highest BCUT2D eigenvalue weighted by atomic mass is 16.5. The average Bonchev–Trinajstić information content (AvgIpc) is 2.40. The van der Waals surface area contributed by atoms with E-state index in [1.807, 2.05) is 19.1 Å². The van der Waals surface area contributed by atoms with Crippen molar-refractivity contribution >= 4 is 5.95 Å². The van der Waals surface area contributed by atoms with Gasteiger partial charge in [-0.05, 0) is 30.0 Å². The molecule has 2 aromatic rings. The molecule has 2 rings (SSSR count). The number of hydrogen-bond donors (Lipinski definition) is 1. The minimum absolute atomic E-state index is 0.122. The molecule has 20 heavy (non-hydrogen) atoms. The first-order chi connectivity index (χ1) is 9.49. The smallest absolute Gasteiger partial charge is 0.227 e. The molecule has 0 saturated heterocycles. The van der Waals surface area contributed by atoms with Gasteiger partial charge in [-0.3, -0.25) is 0 Å². The van der Waals surface area contributed by atoms with Gasteiger partial charge in [-0.1, -0.05) is 26.0 Å². The molecule has 0 saturated carbocycles. The lowest BCUT2D eigenvalue weighted by Gasteiger charge is -2.12. The van der Waals surface area contributed by atoms with Crippen LogP contribution >= 0.6 is 0 Å². The van der Waals surface area contributed by atoms with Gasteiger partial charge in [-0.15, -0.1) is 0 Å². The summed E-state index contributed by atoms with van der Waals surface area (Å²) in [6.45, 7) is 6.27. The molecule has 1 aromatic heterocycles. The van der Waals surface area contributed by atoms with Crippen LogP contribution < -0.4 is 15.2 Å². The number of aromatic nitrogens is 2. The Morgan fingerprint density at radius 3 is 2.45 bits per heavy atom. The number of nitrogens with two attached hydrogens (primary N) is 1. The third-order valence-corrected chi connectivity index (χ3v) is 3.00. The molecule has 1 heterocycles. The van der Waals surface area contributed by atoms with Crippen molar-refractivity contribution in [2.75, 3.05) is 12.8 Å². The minimum Gasteiger partial charge on any atom is -0.481 e. The predicted molar refractivity (Wildman–Crippen MR) is 78.3 cm³/mol. The van der Waals surface area contributed by atoms with Gasteiger partial charge in [0.1, 0.15) is 5.75 Å². The van der Waals surface area contributed by atoms with E-state index in [1.54, 1.807) is 6.07 Å². The van der Waals surface area contributed by atoms with E-state index in [9.17, 15) is 0 Å². The fourth-order valence-electron chi connectivity index (χ4n) is 1.78. The van der Waals surface area contributed by atoms with E-state index >= 15 is 0 Å². The number of aryl methyl sites for hydroxylation is 1. The first kappa shape index (κ1) is 14.1. The molecular weight excluding hydrogens is 254 g/mol. The minimum atomic E-state index is 0.122. The van der Waals surface area contributed by atoms with Crippen LogP contribution in [0.5, 0.6) is 17.5 Å². The first-order valence-electron chi connectivity index (χ1n) is 6.46. The Balaban J connectivity index is 2.34. The molecule has 0 unspecified atom stereocenters. The summed E-state index contributed by atoms with van der Waals surface area (Å²) >= 11 is 0. The Bertz CT molecular complexity index is 612. The van der Waals surface area contributed by atoms with Crippen LogP contribution in [0.25, 0.3) is 0 Å². The van der Waals surface area contributed by atoms with Crippen molar-refractivity contribution in [1.82, 2.24) is 9.97 Å². The fourth-order valence-corrected chi connectivity index (χ4v) is 1.78. The summed E-state index contributed by atoms with van der Waals surface area (Å²) in [7, 11) is 1.52. The monoisotopic (exact) mass is 273 g/mol. The van der Waals surface area contributed by atoms with E-state index in [4.69, 9.17) is 15.2 Å². The molecule has 0 amide bonds. The topological polar surface area (TPSA) is 70.3 Å². The van der Waals surface area contributed by atoms with Gasteiger partial charge < -0.3 is 15.2 Å². The van der Waals surface area contributed by atoms with Crippen LogP contribution in [0.3, 0.4) is 0 Å². The molecule has 2 N–H and O–H groups in total. The molecule has 5 nitrogen and oxygen atoms in total. The third-order valence-electron chi connectivity index (χ3n) is 3.00. The molecule has 0 spiro atoms. The zero-order valence-corrected chi connectivity index (χ0v) is 12.2. The maximum absolute atomic E-state index is 5.81. The van der Waals surface area contributed by atoms with Crippen molar-refractivity contribution in [3.05, 3.63) is 35.4 Å². The predicted octanol–water partition coefficient (Wildman–Crippen LogP) is 3.29. The van der Waals surface area contributed by atoms with E-state index < -0.39 is 0 Å². The highest BCUT2D eigenvalue weighted by Gasteiger charge is 2.09. The number of ether oxygens (including phenoxy) is 2. The van der Waals surface area contributed by atoms with E-state index in [0.29, 0.717) is 17.7 Å². The van der Waals surface area contributed by atoms with Crippen LogP contribution in [0.2, 0.25) is 0 Å². The maximum Gasteiger partial charge on any atom is 0.227 e. The summed E-state index contributed by atoms with van der Waals surface area (Å²) in [6.07, 6.45) is 0. The first-order valence-corrected chi connectivity index (χ1v) is 6.46. The zero-order chi connectivity index (χ0) is 14.7. The van der Waals surface area contributed by atoms with Crippen molar-refractivity contribution in [2.24, 2.45) is 0 Å². The van der Waals surface area contributed by atoms with Crippen LogP contribution in [0.15, 0.2) is 24.3 Å². The summed E-state index contributed by atoms with van der Waals surface area (Å²) in [5.74, 6) is 2.07. The van der Waals surface area contributed by atoms with Crippen LogP contribution in [-0.4, -0.2) is 17.1 Å². The molecule has 0 atom stereocenters. The summed E-state index contributed by atoms with van der Waals surface area (Å²) in [6, 6.07) is 7.76. The van der Waals surface area contributed by atoms with Gasteiger partial charge in [-0.2, -0.15) is 9.97 Å². The largest absolute Gasteiger partial charge is 0.481 e. The van der Waals surface area contributed by atoms with Gasteiger partial charge in [0, 0.05) is 0 Å². The second kappa shape index (κ2) is 5.77. The zero-order valence-electron chi connectivity index (χ0n) is 12.2. The molecule has 0 aliphatic carbocycles. The summed E-state index contributed by atoms with van der Waals surface area (Å²) in [5, 5.41) is 0. The number of rotatable bonds is 4. The number of hydrogen-bond acceptors (Lipinski definition) is 5. The molecular formula is C15H19N3O2. The lowest BCUT2D eigenvalue weighted by atomic mass is 10.0. The van der Waals surface area contributed by atoms with Gasteiger partial charge in [0.25, 0.3) is 0 Å². The molecule has 0 aliphatic heterocycles. The normalized spacial score (nSPS) is 10.7. The molecule has 5 heteroatoms. The molecule has 106 valence electrons. The second-order valence-corrected chi connectivity index (χ2v) is 4.89. The molecule has 0 radical (unpaired) electrons. The third kappa shape index (κ3) is 3.17. The van der Waals surface area contributed by atoms with Crippen LogP contribution in [0.4, 0.5) is 5.95 Å². The van der Waals surface area contributed by atoms with E-state index in [1.165, 1.54) is 12.7 Å². The van der Waals surface area contributed by atoms with Crippen molar-refractivity contribution < 1.29 is 9.47 Å². The average molecular weight is 273 g/mol. The fraction of sp³-hybridized carbons (Fsp3) is 0.333. The van der Waals surface area contributed by atoms with Crippen molar-refractivity contribution in [2.45, 2.75) is 26.7 Å². The lowest BCUT2D eigenvalue weighted by molar-refractivity contribution is 0.389. The van der Waals surface area contributed by atoms with E-state index in [2.05, 4.69) is 29.9 Å². The quantitative estimate of drug-likeness (QED) is 0.925. The highest BCUT2D eigenvalue weighted by molar-refractivity contribution is 5.41. The standard InChI is InChI=1S/C15H19N3O2/c1-9(2)11-6-5-10(3)12(7-11)20-14-8-13(19-4)17-15(16)18-14/h5-9H,1-4H3,(H2,16,17,18). The Morgan fingerprint density at radius 1 is 1.10 bits per heavy atom. The van der Waals surface area contributed by atoms with Gasteiger partial charge in [0.15, 0.2) is 0 Å². The van der Waals surface area contributed by atoms with Gasteiger partial charge in [0.05, 0.1) is 13.2 Å². The van der Waals surface area contributed by atoms with Crippen molar-refractivity contribution in [3.8, 4) is 17.5 Å². The Kier molecular flexibility index (Phi) is 4.08.